The monoisotopic (exact) mass is 399 g/mol. The van der Waals surface area contributed by atoms with Crippen LogP contribution in [0.5, 0.6) is 5.75 Å². The van der Waals surface area contributed by atoms with E-state index < -0.39 is 10.0 Å². The van der Waals surface area contributed by atoms with Crippen molar-refractivity contribution in [2.75, 3.05) is 7.11 Å². The number of sulfonamides is 1. The summed E-state index contributed by atoms with van der Waals surface area (Å²) in [5.41, 5.74) is 3.30. The van der Waals surface area contributed by atoms with Crippen LogP contribution in [0.2, 0.25) is 5.02 Å². The normalized spacial score (nSPS) is 11.7. The van der Waals surface area contributed by atoms with Gasteiger partial charge in [-0.25, -0.2) is 0 Å². The van der Waals surface area contributed by atoms with E-state index in [4.69, 9.17) is 16.3 Å². The highest BCUT2D eigenvalue weighted by molar-refractivity contribution is 7.90. The maximum Gasteiger partial charge on any atom is 0.282 e. The summed E-state index contributed by atoms with van der Waals surface area (Å²) in [6, 6.07) is 19.3. The third-order valence-electron chi connectivity index (χ3n) is 4.02. The molecule has 0 amide bonds. The summed E-state index contributed by atoms with van der Waals surface area (Å²) in [7, 11) is -2.18. The molecule has 3 aromatic carbocycles. The van der Waals surface area contributed by atoms with E-state index in [0.29, 0.717) is 16.3 Å². The Bertz CT molecular complexity index is 1090. The largest absolute Gasteiger partial charge is 0.496 e. The first-order chi connectivity index (χ1) is 12.9. The van der Waals surface area contributed by atoms with E-state index in [9.17, 15) is 8.42 Å². The van der Waals surface area contributed by atoms with Crippen LogP contribution in [-0.4, -0.2) is 21.7 Å². The molecule has 0 spiro atoms. The van der Waals surface area contributed by atoms with E-state index in [1.165, 1.54) is 6.21 Å². The molecule has 0 saturated carbocycles. The summed E-state index contributed by atoms with van der Waals surface area (Å²) in [6.07, 6.45) is 1.34. The van der Waals surface area contributed by atoms with Gasteiger partial charge in [-0.2, -0.15) is 12.8 Å². The van der Waals surface area contributed by atoms with Gasteiger partial charge in [0.05, 0.1) is 12.0 Å². The van der Waals surface area contributed by atoms with Gasteiger partial charge in [-0.15, -0.1) is 0 Å². The van der Waals surface area contributed by atoms with E-state index in [2.05, 4.69) is 4.40 Å². The van der Waals surface area contributed by atoms with Crippen molar-refractivity contribution in [1.82, 2.24) is 0 Å². The Hall–Kier alpha value is -2.63. The molecule has 0 N–H and O–H groups in total. The first kappa shape index (κ1) is 19.1. The molecule has 6 heteroatoms. The maximum atomic E-state index is 12.4. The number of halogens is 1. The van der Waals surface area contributed by atoms with Crippen LogP contribution in [0.15, 0.2) is 76.0 Å². The molecule has 0 atom stereocenters. The van der Waals surface area contributed by atoms with Crippen LogP contribution in [-0.2, 0) is 10.0 Å². The second kappa shape index (κ2) is 7.94. The van der Waals surface area contributed by atoms with Crippen LogP contribution in [0, 0.1) is 6.92 Å². The lowest BCUT2D eigenvalue weighted by molar-refractivity contribution is 0.416. The summed E-state index contributed by atoms with van der Waals surface area (Å²) in [4.78, 5) is 0.160. The van der Waals surface area contributed by atoms with Gasteiger partial charge in [-0.05, 0) is 60.5 Å². The molecule has 0 unspecified atom stereocenters. The van der Waals surface area contributed by atoms with E-state index in [1.54, 1.807) is 49.6 Å². The van der Waals surface area contributed by atoms with E-state index >= 15 is 0 Å². The standard InChI is InChI=1S/C21H18ClNO3S/c1-15-6-9-19(10-7-15)27(24,25)23-14-16-8-11-21(26-2)20(12-16)17-4-3-5-18(22)13-17/h3-14H,1-2H3. The molecule has 0 fully saturated rings. The minimum atomic E-state index is -3.76. The average molecular weight is 400 g/mol. The van der Waals surface area contributed by atoms with Gasteiger partial charge in [0.2, 0.25) is 0 Å². The molecule has 3 aromatic rings. The van der Waals surface area contributed by atoms with Crippen molar-refractivity contribution in [3.63, 3.8) is 0 Å². The molecule has 0 aliphatic carbocycles. The lowest BCUT2D eigenvalue weighted by atomic mass is 10.0. The highest BCUT2D eigenvalue weighted by atomic mass is 35.5. The van der Waals surface area contributed by atoms with Gasteiger partial charge in [-0.3, -0.25) is 0 Å². The molecule has 0 radical (unpaired) electrons. The fourth-order valence-corrected chi connectivity index (χ4v) is 3.64. The van der Waals surface area contributed by atoms with Crippen molar-refractivity contribution in [2.45, 2.75) is 11.8 Å². The highest BCUT2D eigenvalue weighted by Crippen LogP contribution is 2.32. The van der Waals surface area contributed by atoms with Crippen molar-refractivity contribution in [3.05, 3.63) is 82.9 Å². The topological polar surface area (TPSA) is 55.7 Å². The average Bonchev–Trinajstić information content (AvgIpc) is 2.66. The zero-order valence-corrected chi connectivity index (χ0v) is 16.5. The second-order valence-electron chi connectivity index (χ2n) is 5.99. The van der Waals surface area contributed by atoms with Crippen molar-refractivity contribution in [1.29, 1.82) is 0 Å². The Labute approximate surface area is 164 Å². The second-order valence-corrected chi connectivity index (χ2v) is 8.06. The summed E-state index contributed by atoms with van der Waals surface area (Å²) in [5, 5.41) is 0.607. The van der Waals surface area contributed by atoms with E-state index in [-0.39, 0.29) is 4.90 Å². The summed E-state index contributed by atoms with van der Waals surface area (Å²) in [5.74, 6) is 0.663. The van der Waals surface area contributed by atoms with Crippen LogP contribution in [0.3, 0.4) is 0 Å². The Balaban J connectivity index is 1.97. The van der Waals surface area contributed by atoms with Crippen LogP contribution >= 0.6 is 11.6 Å². The molecule has 138 valence electrons. The number of methoxy groups -OCH3 is 1. The van der Waals surface area contributed by atoms with Gasteiger partial charge in [-0.1, -0.05) is 41.4 Å². The lowest BCUT2D eigenvalue weighted by Gasteiger charge is -2.10. The minimum absolute atomic E-state index is 0.160. The molecule has 3 rings (SSSR count). The van der Waals surface area contributed by atoms with Crippen molar-refractivity contribution in [3.8, 4) is 16.9 Å². The maximum absolute atomic E-state index is 12.4. The molecular weight excluding hydrogens is 382 g/mol. The summed E-state index contributed by atoms with van der Waals surface area (Å²) in [6.45, 7) is 1.90. The van der Waals surface area contributed by atoms with Gasteiger partial charge < -0.3 is 4.74 Å². The summed E-state index contributed by atoms with van der Waals surface area (Å²) >= 11 is 6.08. The SMILES string of the molecule is COc1ccc(C=NS(=O)(=O)c2ccc(C)cc2)cc1-c1cccc(Cl)c1. The van der Waals surface area contributed by atoms with Gasteiger partial charge in [0.25, 0.3) is 10.0 Å². The fourth-order valence-electron chi connectivity index (χ4n) is 2.59. The van der Waals surface area contributed by atoms with Crippen LogP contribution in [0.25, 0.3) is 11.1 Å². The van der Waals surface area contributed by atoms with E-state index in [1.807, 2.05) is 31.2 Å². The van der Waals surface area contributed by atoms with Crippen molar-refractivity contribution < 1.29 is 13.2 Å². The molecule has 0 saturated heterocycles. The van der Waals surface area contributed by atoms with E-state index in [0.717, 1.165) is 16.7 Å². The van der Waals surface area contributed by atoms with Crippen molar-refractivity contribution in [2.24, 2.45) is 4.40 Å². The fraction of sp³-hybridized carbons (Fsp3) is 0.0952. The molecule has 0 bridgehead atoms. The third-order valence-corrected chi connectivity index (χ3v) is 5.50. The van der Waals surface area contributed by atoms with Crippen LogP contribution < -0.4 is 4.74 Å². The molecular formula is C21H18ClNO3S. The quantitative estimate of drug-likeness (QED) is 0.558. The Kier molecular flexibility index (Phi) is 5.63. The number of ether oxygens (including phenoxy) is 1. The molecule has 0 aliphatic rings. The number of aryl methyl sites for hydroxylation is 1. The molecule has 0 heterocycles. The number of benzene rings is 3. The highest BCUT2D eigenvalue weighted by Gasteiger charge is 2.12. The lowest BCUT2D eigenvalue weighted by Crippen LogP contribution is -1.98. The molecule has 27 heavy (non-hydrogen) atoms. The smallest absolute Gasteiger partial charge is 0.282 e. The number of hydrogen-bond donors (Lipinski definition) is 0. The minimum Gasteiger partial charge on any atom is -0.496 e. The predicted octanol–water partition coefficient (Wildman–Crippen LogP) is 5.13. The predicted molar refractivity (Wildman–Crippen MR) is 109 cm³/mol. The Morgan fingerprint density at radius 3 is 2.41 bits per heavy atom. The first-order valence-electron chi connectivity index (χ1n) is 8.20. The van der Waals surface area contributed by atoms with Gasteiger partial charge in [0.1, 0.15) is 5.75 Å². The van der Waals surface area contributed by atoms with Gasteiger partial charge in [0, 0.05) is 16.8 Å². The molecule has 0 aliphatic heterocycles. The Morgan fingerprint density at radius 1 is 1.00 bits per heavy atom. The number of rotatable bonds is 5. The van der Waals surface area contributed by atoms with Gasteiger partial charge >= 0.3 is 0 Å². The molecule has 4 nitrogen and oxygen atoms in total. The third kappa shape index (κ3) is 4.56. The zero-order chi connectivity index (χ0) is 19.4. The number of nitrogens with zero attached hydrogens (tertiary/aromatic N) is 1. The first-order valence-corrected chi connectivity index (χ1v) is 10.0. The number of hydrogen-bond acceptors (Lipinski definition) is 3. The van der Waals surface area contributed by atoms with Crippen LogP contribution in [0.4, 0.5) is 0 Å². The van der Waals surface area contributed by atoms with Crippen LogP contribution in [0.1, 0.15) is 11.1 Å². The van der Waals surface area contributed by atoms with Crippen molar-refractivity contribution >= 4 is 27.8 Å². The Morgan fingerprint density at radius 2 is 1.74 bits per heavy atom. The summed E-state index contributed by atoms with van der Waals surface area (Å²) < 4.78 is 34.0. The zero-order valence-electron chi connectivity index (χ0n) is 14.9. The molecule has 0 aromatic heterocycles. The van der Waals surface area contributed by atoms with Gasteiger partial charge in [0.15, 0.2) is 0 Å².